The first kappa shape index (κ1) is 13.8. The van der Waals surface area contributed by atoms with E-state index in [0.717, 1.165) is 12.0 Å². The summed E-state index contributed by atoms with van der Waals surface area (Å²) in [6, 6.07) is 5.80. The molecule has 3 atom stereocenters. The third-order valence-electron chi connectivity index (χ3n) is 5.21. The summed E-state index contributed by atoms with van der Waals surface area (Å²) in [5.41, 5.74) is 2.03. The lowest BCUT2D eigenvalue weighted by Crippen LogP contribution is -2.25. The first-order chi connectivity index (χ1) is 10.6. The van der Waals surface area contributed by atoms with Crippen molar-refractivity contribution in [2.45, 2.75) is 37.3 Å². The van der Waals surface area contributed by atoms with Gasteiger partial charge in [0.2, 0.25) is 11.9 Å². The lowest BCUT2D eigenvalue weighted by atomic mass is 9.84. The molecule has 0 radical (unpaired) electrons. The standard InChI is InChI=1S/C17H17F2N3/c1-22-12-3-4-15(22)13(7-12)11-6-14(17(19)21-9-11)10-2-5-16(18)20-8-10/h2,5-6,8-9,12-13,15H,3-4,7H2,1H3/t12-,13-,15-/m1/s1. The molecule has 2 aliphatic rings. The van der Waals surface area contributed by atoms with Crippen molar-refractivity contribution in [3.8, 4) is 11.1 Å². The molecule has 2 aliphatic heterocycles. The van der Waals surface area contributed by atoms with E-state index < -0.39 is 11.9 Å². The van der Waals surface area contributed by atoms with E-state index >= 15 is 0 Å². The number of hydrogen-bond donors (Lipinski definition) is 0. The zero-order valence-electron chi connectivity index (χ0n) is 12.3. The Hall–Kier alpha value is -1.88. The Morgan fingerprint density at radius 3 is 2.64 bits per heavy atom. The number of rotatable bonds is 2. The van der Waals surface area contributed by atoms with E-state index in [1.807, 2.05) is 6.07 Å². The minimum atomic E-state index is -0.567. The van der Waals surface area contributed by atoms with Crippen LogP contribution in [0, 0.1) is 11.9 Å². The van der Waals surface area contributed by atoms with Gasteiger partial charge in [0.05, 0.1) is 0 Å². The van der Waals surface area contributed by atoms with Crippen LogP contribution in [0.1, 0.15) is 30.7 Å². The fourth-order valence-corrected chi connectivity index (χ4v) is 4.02. The van der Waals surface area contributed by atoms with Gasteiger partial charge < -0.3 is 0 Å². The van der Waals surface area contributed by atoms with Crippen LogP contribution in [0.2, 0.25) is 0 Å². The van der Waals surface area contributed by atoms with Gasteiger partial charge in [0.15, 0.2) is 0 Å². The van der Waals surface area contributed by atoms with Crippen molar-refractivity contribution < 1.29 is 8.78 Å². The molecule has 0 N–H and O–H groups in total. The van der Waals surface area contributed by atoms with Crippen molar-refractivity contribution in [1.29, 1.82) is 0 Å². The van der Waals surface area contributed by atoms with Crippen LogP contribution in [0.5, 0.6) is 0 Å². The van der Waals surface area contributed by atoms with Crippen molar-refractivity contribution >= 4 is 0 Å². The van der Waals surface area contributed by atoms with E-state index in [0.29, 0.717) is 29.1 Å². The maximum atomic E-state index is 14.1. The Balaban J connectivity index is 1.71. The van der Waals surface area contributed by atoms with Crippen molar-refractivity contribution in [2.24, 2.45) is 0 Å². The van der Waals surface area contributed by atoms with E-state index in [1.165, 1.54) is 25.1 Å². The molecule has 22 heavy (non-hydrogen) atoms. The lowest BCUT2D eigenvalue weighted by molar-refractivity contribution is 0.307. The third kappa shape index (κ3) is 2.11. The number of fused-ring (bicyclic) bond motifs is 2. The zero-order chi connectivity index (χ0) is 15.3. The minimum Gasteiger partial charge on any atom is -0.300 e. The van der Waals surface area contributed by atoms with Gasteiger partial charge in [0, 0.05) is 41.5 Å². The molecule has 2 fully saturated rings. The van der Waals surface area contributed by atoms with Gasteiger partial charge in [0.1, 0.15) is 0 Å². The monoisotopic (exact) mass is 301 g/mol. The summed E-state index contributed by atoms with van der Waals surface area (Å²) in [5.74, 6) is -0.694. The van der Waals surface area contributed by atoms with E-state index in [9.17, 15) is 8.78 Å². The molecule has 114 valence electrons. The van der Waals surface area contributed by atoms with Crippen LogP contribution in [0.15, 0.2) is 30.6 Å². The van der Waals surface area contributed by atoms with Crippen LogP contribution in [0.3, 0.4) is 0 Å². The number of hydrogen-bond acceptors (Lipinski definition) is 3. The quantitative estimate of drug-likeness (QED) is 0.796. The normalized spacial score (nSPS) is 27.5. The Bertz CT molecular complexity index is 702. The van der Waals surface area contributed by atoms with Gasteiger partial charge in [-0.2, -0.15) is 8.78 Å². The third-order valence-corrected chi connectivity index (χ3v) is 5.21. The van der Waals surface area contributed by atoms with Crippen LogP contribution in [-0.2, 0) is 0 Å². The average Bonchev–Trinajstić information content (AvgIpc) is 3.04. The minimum absolute atomic E-state index is 0.399. The molecule has 0 amide bonds. The van der Waals surface area contributed by atoms with Gasteiger partial charge in [-0.1, -0.05) is 0 Å². The summed E-state index contributed by atoms with van der Waals surface area (Å²) >= 11 is 0. The maximum Gasteiger partial charge on any atom is 0.220 e. The smallest absolute Gasteiger partial charge is 0.220 e. The number of likely N-dealkylation sites (N-methyl/N-ethyl adjacent to an activating group) is 1. The van der Waals surface area contributed by atoms with Gasteiger partial charge >= 0.3 is 0 Å². The van der Waals surface area contributed by atoms with Crippen LogP contribution in [-0.4, -0.2) is 34.0 Å². The fraction of sp³-hybridized carbons (Fsp3) is 0.412. The highest BCUT2D eigenvalue weighted by Gasteiger charge is 2.44. The molecule has 0 aliphatic carbocycles. The van der Waals surface area contributed by atoms with Crippen LogP contribution < -0.4 is 0 Å². The highest BCUT2D eigenvalue weighted by molar-refractivity contribution is 5.63. The number of aromatic nitrogens is 2. The summed E-state index contributed by atoms with van der Waals surface area (Å²) in [7, 11) is 2.17. The van der Waals surface area contributed by atoms with Gasteiger partial charge in [-0.15, -0.1) is 0 Å². The summed E-state index contributed by atoms with van der Waals surface area (Å²) in [5, 5.41) is 0. The Kier molecular flexibility index (Phi) is 3.18. The molecular weight excluding hydrogens is 284 g/mol. The van der Waals surface area contributed by atoms with Crippen molar-refractivity contribution in [1.82, 2.24) is 14.9 Å². The SMILES string of the molecule is CN1[C@@H]2CC[C@@H]1[C@@H](c1cnc(F)c(-c3ccc(F)nc3)c1)C2. The van der Waals surface area contributed by atoms with E-state index in [-0.39, 0.29) is 0 Å². The molecular formula is C17H17F2N3. The zero-order valence-corrected chi connectivity index (χ0v) is 12.3. The number of pyridine rings is 2. The predicted molar refractivity (Wildman–Crippen MR) is 79.3 cm³/mol. The summed E-state index contributed by atoms with van der Waals surface area (Å²) in [6.45, 7) is 0. The predicted octanol–water partition coefficient (Wildman–Crippen LogP) is 3.37. The second-order valence-electron chi connectivity index (χ2n) is 6.28. The highest BCUT2D eigenvalue weighted by atomic mass is 19.1. The summed E-state index contributed by atoms with van der Waals surface area (Å²) in [4.78, 5) is 9.97. The van der Waals surface area contributed by atoms with Crippen LogP contribution >= 0.6 is 0 Å². The van der Waals surface area contributed by atoms with Crippen molar-refractivity contribution in [3.63, 3.8) is 0 Å². The van der Waals surface area contributed by atoms with Gasteiger partial charge in [-0.05, 0) is 50.1 Å². The molecule has 2 bridgehead atoms. The largest absolute Gasteiger partial charge is 0.300 e. The number of halogens is 2. The molecule has 3 nitrogen and oxygen atoms in total. The fourth-order valence-electron chi connectivity index (χ4n) is 4.02. The average molecular weight is 301 g/mol. The first-order valence-electron chi connectivity index (χ1n) is 7.63. The van der Waals surface area contributed by atoms with Crippen molar-refractivity contribution in [2.75, 3.05) is 7.05 Å². The molecule has 4 rings (SSSR count). The molecule has 4 heterocycles. The van der Waals surface area contributed by atoms with E-state index in [2.05, 4.69) is 21.9 Å². The molecule has 2 saturated heterocycles. The Labute approximate surface area is 128 Å². The maximum absolute atomic E-state index is 14.1. The van der Waals surface area contributed by atoms with Gasteiger partial charge in [-0.25, -0.2) is 9.97 Å². The highest BCUT2D eigenvalue weighted by Crippen LogP contribution is 2.46. The van der Waals surface area contributed by atoms with Gasteiger partial charge in [0.25, 0.3) is 0 Å². The molecule has 2 aromatic rings. The molecule has 0 aromatic carbocycles. The van der Waals surface area contributed by atoms with Crippen LogP contribution in [0.4, 0.5) is 8.78 Å². The van der Waals surface area contributed by atoms with Gasteiger partial charge in [-0.3, -0.25) is 4.90 Å². The topological polar surface area (TPSA) is 29.0 Å². The lowest BCUT2D eigenvalue weighted by Gasteiger charge is -2.22. The van der Waals surface area contributed by atoms with Crippen LogP contribution in [0.25, 0.3) is 11.1 Å². The molecule has 0 unspecified atom stereocenters. The second kappa shape index (κ2) is 5.09. The molecule has 5 heteroatoms. The first-order valence-corrected chi connectivity index (χ1v) is 7.63. The summed E-state index contributed by atoms with van der Waals surface area (Å²) < 4.78 is 27.0. The van der Waals surface area contributed by atoms with E-state index in [4.69, 9.17) is 0 Å². The molecule has 0 saturated carbocycles. The van der Waals surface area contributed by atoms with Crippen molar-refractivity contribution in [3.05, 3.63) is 48.1 Å². The molecule has 0 spiro atoms. The van der Waals surface area contributed by atoms with E-state index in [1.54, 1.807) is 12.3 Å². The number of nitrogens with zero attached hydrogens (tertiary/aromatic N) is 3. The second-order valence-corrected chi connectivity index (χ2v) is 6.28. The summed E-state index contributed by atoms with van der Waals surface area (Å²) in [6.07, 6.45) is 6.55. The Morgan fingerprint density at radius 1 is 1.14 bits per heavy atom. The molecule has 2 aromatic heterocycles. The Morgan fingerprint density at radius 2 is 2.00 bits per heavy atom.